The molecule has 1 saturated heterocycles. The Morgan fingerprint density at radius 3 is 2.65 bits per heavy atom. The van der Waals surface area contributed by atoms with E-state index in [9.17, 15) is 14.0 Å². The molecule has 1 fully saturated rings. The molecule has 0 saturated carbocycles. The summed E-state index contributed by atoms with van der Waals surface area (Å²) in [5, 5.41) is 3.18. The second kappa shape index (κ2) is 9.84. The summed E-state index contributed by atoms with van der Waals surface area (Å²) < 4.78 is 21.7. The molecule has 34 heavy (non-hydrogen) atoms. The van der Waals surface area contributed by atoms with E-state index in [1.54, 1.807) is 12.1 Å². The van der Waals surface area contributed by atoms with Gasteiger partial charge in [-0.05, 0) is 89.0 Å². The Hall–Kier alpha value is -2.77. The Balaban J connectivity index is 1.48. The van der Waals surface area contributed by atoms with E-state index in [1.165, 1.54) is 12.1 Å². The average molecular weight is 525 g/mol. The number of carbonyl (C=O) groups excluding carboxylic acids is 1. The summed E-state index contributed by atoms with van der Waals surface area (Å²) in [7, 11) is 0. The maximum Gasteiger partial charge on any atom is 0.265 e. The summed E-state index contributed by atoms with van der Waals surface area (Å²) in [5.41, 5.74) is 3.59. The topological polar surface area (TPSA) is 60.3 Å². The fourth-order valence-corrected chi connectivity index (χ4v) is 5.38. The van der Waals surface area contributed by atoms with Crippen molar-refractivity contribution >= 4 is 21.8 Å². The van der Waals surface area contributed by atoms with Crippen molar-refractivity contribution in [2.45, 2.75) is 50.3 Å². The molecule has 3 atom stereocenters. The molecule has 1 N–H and O–H groups in total. The van der Waals surface area contributed by atoms with E-state index in [1.807, 2.05) is 41.0 Å². The number of rotatable bonds is 5. The molecule has 2 aliphatic heterocycles. The number of ether oxygens (including phenoxy) is 1. The number of nitrogens with one attached hydrogen (secondary N) is 1. The molecule has 2 aliphatic rings. The van der Waals surface area contributed by atoms with Crippen molar-refractivity contribution in [3.05, 3.63) is 92.6 Å². The maximum absolute atomic E-state index is 13.8. The minimum absolute atomic E-state index is 0.0974. The van der Waals surface area contributed by atoms with Gasteiger partial charge in [0, 0.05) is 12.3 Å². The standard InChI is InChI=1S/C27H26BrFN2O3/c28-22-11-9-21-10-12-23(30-26(32)25-8-3-13-34-25)24(31(21)27(22)33)15-17-4-1-5-18(14-17)19-6-2-7-20(29)16-19/h1-2,4-7,9,11,14,16,23-25H,3,8,10,12-13,15H2,(H,30,32). The summed E-state index contributed by atoms with van der Waals surface area (Å²) in [5.74, 6) is -0.384. The second-order valence-electron chi connectivity index (χ2n) is 8.99. The third kappa shape index (κ3) is 4.72. The summed E-state index contributed by atoms with van der Waals surface area (Å²) in [4.78, 5) is 26.0. The minimum atomic E-state index is -0.419. The van der Waals surface area contributed by atoms with Crippen molar-refractivity contribution in [3.63, 3.8) is 0 Å². The van der Waals surface area contributed by atoms with Crippen LogP contribution in [0.5, 0.6) is 0 Å². The van der Waals surface area contributed by atoms with Crippen molar-refractivity contribution in [3.8, 4) is 11.1 Å². The van der Waals surface area contributed by atoms with Crippen LogP contribution in [0, 0.1) is 5.82 Å². The highest BCUT2D eigenvalue weighted by Crippen LogP contribution is 2.30. The zero-order valence-corrected chi connectivity index (χ0v) is 20.3. The lowest BCUT2D eigenvalue weighted by atomic mass is 9.89. The van der Waals surface area contributed by atoms with Crippen molar-refractivity contribution in [2.75, 3.05) is 6.61 Å². The van der Waals surface area contributed by atoms with Crippen LogP contribution in [-0.4, -0.2) is 29.2 Å². The molecule has 2 aromatic carbocycles. The third-order valence-corrected chi connectivity index (χ3v) is 7.35. The van der Waals surface area contributed by atoms with Gasteiger partial charge in [-0.2, -0.15) is 0 Å². The minimum Gasteiger partial charge on any atom is -0.368 e. The van der Waals surface area contributed by atoms with Crippen LogP contribution < -0.4 is 10.9 Å². The molecule has 0 aliphatic carbocycles. The van der Waals surface area contributed by atoms with E-state index in [4.69, 9.17) is 4.74 Å². The van der Waals surface area contributed by atoms with Crippen LogP contribution in [0.2, 0.25) is 0 Å². The van der Waals surface area contributed by atoms with E-state index < -0.39 is 6.10 Å². The normalized spacial score (nSPS) is 21.8. The van der Waals surface area contributed by atoms with Gasteiger partial charge in [0.1, 0.15) is 11.9 Å². The molecule has 3 heterocycles. The van der Waals surface area contributed by atoms with Crippen LogP contribution >= 0.6 is 15.9 Å². The van der Waals surface area contributed by atoms with Crippen molar-refractivity contribution in [2.24, 2.45) is 0 Å². The van der Waals surface area contributed by atoms with Gasteiger partial charge in [-0.3, -0.25) is 9.59 Å². The highest BCUT2D eigenvalue weighted by atomic mass is 79.9. The van der Waals surface area contributed by atoms with Gasteiger partial charge in [0.2, 0.25) is 5.91 Å². The maximum atomic E-state index is 13.8. The fourth-order valence-electron chi connectivity index (χ4n) is 5.06. The molecule has 3 aromatic rings. The van der Waals surface area contributed by atoms with Gasteiger partial charge in [0.25, 0.3) is 5.56 Å². The number of nitrogens with zero attached hydrogens (tertiary/aromatic N) is 1. The number of fused-ring (bicyclic) bond motifs is 1. The third-order valence-electron chi connectivity index (χ3n) is 6.74. The van der Waals surface area contributed by atoms with Crippen LogP contribution in [-0.2, 0) is 22.4 Å². The summed E-state index contributed by atoms with van der Waals surface area (Å²) in [6.45, 7) is 0.605. The highest BCUT2D eigenvalue weighted by molar-refractivity contribution is 9.10. The number of amides is 1. The number of carbonyl (C=O) groups is 1. The number of aryl methyl sites for hydroxylation is 1. The van der Waals surface area contributed by atoms with E-state index in [-0.39, 0.29) is 29.4 Å². The Morgan fingerprint density at radius 1 is 1.09 bits per heavy atom. The molecule has 0 spiro atoms. The van der Waals surface area contributed by atoms with E-state index in [0.717, 1.165) is 41.6 Å². The molecule has 0 bridgehead atoms. The molecule has 176 valence electrons. The first-order valence-corrected chi connectivity index (χ1v) is 12.5. The molecular formula is C27H26BrFN2O3. The molecule has 5 nitrogen and oxygen atoms in total. The predicted octanol–water partition coefficient (Wildman–Crippen LogP) is 4.81. The first-order chi connectivity index (χ1) is 16.5. The monoisotopic (exact) mass is 524 g/mol. The molecular weight excluding hydrogens is 499 g/mol. The van der Waals surface area contributed by atoms with Gasteiger partial charge < -0.3 is 14.6 Å². The quantitative estimate of drug-likeness (QED) is 0.520. The number of hydrogen-bond acceptors (Lipinski definition) is 3. The first-order valence-electron chi connectivity index (χ1n) is 11.7. The average Bonchev–Trinajstić information content (AvgIpc) is 3.38. The van der Waals surface area contributed by atoms with Gasteiger partial charge in [-0.25, -0.2) is 4.39 Å². The van der Waals surface area contributed by atoms with Crippen molar-refractivity contribution in [1.29, 1.82) is 0 Å². The summed E-state index contributed by atoms with van der Waals surface area (Å²) in [6, 6.07) is 17.8. The molecule has 7 heteroatoms. The van der Waals surface area contributed by atoms with Crippen LogP contribution in [0.15, 0.2) is 69.9 Å². The number of aromatic nitrogens is 1. The number of halogens is 2. The van der Waals surface area contributed by atoms with E-state index in [2.05, 4.69) is 21.2 Å². The zero-order chi connectivity index (χ0) is 23.7. The number of hydrogen-bond donors (Lipinski definition) is 1. The van der Waals surface area contributed by atoms with Crippen molar-refractivity contribution in [1.82, 2.24) is 9.88 Å². The van der Waals surface area contributed by atoms with Crippen LogP contribution in [0.1, 0.15) is 36.6 Å². The lowest BCUT2D eigenvalue weighted by Crippen LogP contribution is -2.50. The summed E-state index contributed by atoms with van der Waals surface area (Å²) >= 11 is 3.38. The molecule has 5 rings (SSSR count). The number of benzene rings is 2. The Kier molecular flexibility index (Phi) is 6.66. The smallest absolute Gasteiger partial charge is 0.265 e. The largest absolute Gasteiger partial charge is 0.368 e. The van der Waals surface area contributed by atoms with Crippen molar-refractivity contribution < 1.29 is 13.9 Å². The van der Waals surface area contributed by atoms with Gasteiger partial charge >= 0.3 is 0 Å². The second-order valence-corrected chi connectivity index (χ2v) is 9.84. The van der Waals surface area contributed by atoms with Crippen LogP contribution in [0.3, 0.4) is 0 Å². The predicted molar refractivity (Wildman–Crippen MR) is 132 cm³/mol. The van der Waals surface area contributed by atoms with E-state index in [0.29, 0.717) is 23.9 Å². The number of pyridine rings is 1. The van der Waals surface area contributed by atoms with Crippen LogP contribution in [0.25, 0.3) is 11.1 Å². The molecule has 3 unspecified atom stereocenters. The Morgan fingerprint density at radius 2 is 1.88 bits per heavy atom. The van der Waals surface area contributed by atoms with Gasteiger partial charge in [0.05, 0.1) is 16.6 Å². The van der Waals surface area contributed by atoms with Gasteiger partial charge in [-0.15, -0.1) is 0 Å². The summed E-state index contributed by atoms with van der Waals surface area (Å²) in [6.07, 6.45) is 3.20. The Bertz CT molecular complexity index is 1270. The Labute approximate surface area is 206 Å². The molecule has 0 radical (unpaired) electrons. The van der Waals surface area contributed by atoms with Gasteiger partial charge in [-0.1, -0.05) is 36.4 Å². The van der Waals surface area contributed by atoms with Gasteiger partial charge in [0.15, 0.2) is 0 Å². The lowest BCUT2D eigenvalue weighted by Gasteiger charge is -2.36. The fraction of sp³-hybridized carbons (Fsp3) is 0.333. The zero-order valence-electron chi connectivity index (χ0n) is 18.7. The highest BCUT2D eigenvalue weighted by Gasteiger charge is 2.34. The van der Waals surface area contributed by atoms with Crippen LogP contribution in [0.4, 0.5) is 4.39 Å². The SMILES string of the molecule is O=C(NC1CCc2ccc(Br)c(=O)n2C1Cc1cccc(-c2cccc(F)c2)c1)C1CCCO1. The molecule has 1 amide bonds. The lowest BCUT2D eigenvalue weighted by molar-refractivity contribution is -0.131. The molecule has 1 aromatic heterocycles. The first kappa shape index (κ1) is 23.0. The van der Waals surface area contributed by atoms with E-state index >= 15 is 0 Å².